The first-order valence-corrected chi connectivity index (χ1v) is 13.9. The molecule has 1 aliphatic rings. The Kier molecular flexibility index (Phi) is 7.86. The van der Waals surface area contributed by atoms with E-state index in [2.05, 4.69) is 0 Å². The minimum absolute atomic E-state index is 0.0333. The Bertz CT molecular complexity index is 1550. The lowest BCUT2D eigenvalue weighted by Crippen LogP contribution is -2.40. The predicted octanol–water partition coefficient (Wildman–Crippen LogP) is 7.58. The SMILES string of the molecule is COc1ccc(-c2ccc(C(N)=O)cc2)cc1CN(C(=O)c1sc2c(F)ccc(F)c2c1Cl)C1CCCCC1. The van der Waals surface area contributed by atoms with Crippen molar-refractivity contribution < 1.29 is 23.1 Å². The number of carbonyl (C=O) groups is 2. The number of nitrogens with two attached hydrogens (primary N) is 1. The first-order chi connectivity index (χ1) is 18.8. The van der Waals surface area contributed by atoms with E-state index in [1.165, 1.54) is 0 Å². The van der Waals surface area contributed by atoms with Crippen LogP contribution in [0.1, 0.15) is 57.7 Å². The van der Waals surface area contributed by atoms with E-state index in [0.717, 1.165) is 72.3 Å². The largest absolute Gasteiger partial charge is 0.496 e. The Balaban J connectivity index is 1.55. The average molecular weight is 569 g/mol. The molecule has 39 heavy (non-hydrogen) atoms. The van der Waals surface area contributed by atoms with Crippen molar-refractivity contribution in [3.05, 3.63) is 87.3 Å². The van der Waals surface area contributed by atoms with E-state index in [-0.39, 0.29) is 38.5 Å². The number of fused-ring (bicyclic) bond motifs is 1. The summed E-state index contributed by atoms with van der Waals surface area (Å²) in [5.41, 5.74) is 8.32. The molecule has 1 saturated carbocycles. The van der Waals surface area contributed by atoms with Gasteiger partial charge in [0, 0.05) is 23.7 Å². The second-order valence-electron chi connectivity index (χ2n) is 9.67. The highest BCUT2D eigenvalue weighted by Gasteiger charge is 2.31. The van der Waals surface area contributed by atoms with E-state index in [9.17, 15) is 18.4 Å². The van der Waals surface area contributed by atoms with Gasteiger partial charge in [-0.15, -0.1) is 11.3 Å². The van der Waals surface area contributed by atoms with E-state index in [0.29, 0.717) is 11.3 Å². The van der Waals surface area contributed by atoms with Gasteiger partial charge in [0.05, 0.1) is 22.2 Å². The first kappa shape index (κ1) is 27.1. The molecule has 0 saturated heterocycles. The maximum absolute atomic E-state index is 14.6. The highest BCUT2D eigenvalue weighted by atomic mass is 35.5. The normalized spacial score (nSPS) is 13.9. The molecule has 202 valence electrons. The number of halogens is 3. The minimum Gasteiger partial charge on any atom is -0.496 e. The van der Waals surface area contributed by atoms with Crippen LogP contribution in [0.4, 0.5) is 8.78 Å². The molecule has 1 fully saturated rings. The number of thiophene rings is 1. The van der Waals surface area contributed by atoms with E-state index in [4.69, 9.17) is 22.1 Å². The molecule has 1 aromatic heterocycles. The molecular formula is C30H27ClF2N2O3S. The third-order valence-corrected chi connectivity index (χ3v) is 8.95. The lowest BCUT2D eigenvalue weighted by Gasteiger charge is -2.34. The third-order valence-electron chi connectivity index (χ3n) is 7.28. The van der Waals surface area contributed by atoms with Crippen LogP contribution >= 0.6 is 22.9 Å². The number of carbonyl (C=O) groups excluding carboxylic acids is 2. The fourth-order valence-electron chi connectivity index (χ4n) is 5.22. The Morgan fingerprint density at radius 1 is 1.00 bits per heavy atom. The second kappa shape index (κ2) is 11.3. The number of methoxy groups -OCH3 is 1. The van der Waals surface area contributed by atoms with Crippen LogP contribution in [-0.4, -0.2) is 29.9 Å². The highest BCUT2D eigenvalue weighted by Crippen LogP contribution is 2.40. The van der Waals surface area contributed by atoms with Crippen LogP contribution in [0.5, 0.6) is 5.75 Å². The van der Waals surface area contributed by atoms with Crippen molar-refractivity contribution in [3.8, 4) is 16.9 Å². The summed E-state index contributed by atoms with van der Waals surface area (Å²) in [6, 6.07) is 14.7. The molecule has 0 aliphatic heterocycles. The highest BCUT2D eigenvalue weighted by molar-refractivity contribution is 7.21. The molecule has 1 heterocycles. The van der Waals surface area contributed by atoms with Gasteiger partial charge in [0.2, 0.25) is 5.91 Å². The summed E-state index contributed by atoms with van der Waals surface area (Å²) in [4.78, 5) is 27.4. The summed E-state index contributed by atoms with van der Waals surface area (Å²) in [5.74, 6) is -1.52. The Morgan fingerprint density at radius 3 is 2.31 bits per heavy atom. The number of benzene rings is 3. The van der Waals surface area contributed by atoms with E-state index < -0.39 is 17.5 Å². The van der Waals surface area contributed by atoms with Crippen LogP contribution in [-0.2, 0) is 6.54 Å². The zero-order chi connectivity index (χ0) is 27.7. The zero-order valence-corrected chi connectivity index (χ0v) is 22.9. The fourth-order valence-corrected chi connectivity index (χ4v) is 6.72. The van der Waals surface area contributed by atoms with Crippen LogP contribution in [0.15, 0.2) is 54.6 Å². The topological polar surface area (TPSA) is 72.6 Å². The Labute approximate surface area is 234 Å². The van der Waals surface area contributed by atoms with E-state index in [1.807, 2.05) is 30.3 Å². The molecule has 0 atom stereocenters. The summed E-state index contributed by atoms with van der Waals surface area (Å²) in [6.07, 6.45) is 4.72. The number of rotatable bonds is 7. The Morgan fingerprint density at radius 2 is 1.67 bits per heavy atom. The number of hydrogen-bond acceptors (Lipinski definition) is 4. The van der Waals surface area contributed by atoms with Gasteiger partial charge in [-0.25, -0.2) is 8.78 Å². The lowest BCUT2D eigenvalue weighted by molar-refractivity contribution is 0.0617. The first-order valence-electron chi connectivity index (χ1n) is 12.7. The molecule has 0 radical (unpaired) electrons. The number of nitrogens with zero attached hydrogens (tertiary/aromatic N) is 1. The molecule has 9 heteroatoms. The van der Waals surface area contributed by atoms with Crippen molar-refractivity contribution in [3.63, 3.8) is 0 Å². The van der Waals surface area contributed by atoms with Gasteiger partial charge < -0.3 is 15.4 Å². The van der Waals surface area contributed by atoms with Crippen LogP contribution in [0, 0.1) is 11.6 Å². The molecule has 1 aliphatic carbocycles. The molecule has 2 amide bonds. The van der Waals surface area contributed by atoms with Gasteiger partial charge in [0.15, 0.2) is 0 Å². The molecule has 0 spiro atoms. The summed E-state index contributed by atoms with van der Waals surface area (Å²) in [5, 5.41) is -0.124. The van der Waals surface area contributed by atoms with Crippen molar-refractivity contribution in [2.75, 3.05) is 7.11 Å². The maximum Gasteiger partial charge on any atom is 0.266 e. The van der Waals surface area contributed by atoms with Gasteiger partial charge in [-0.1, -0.05) is 49.1 Å². The molecule has 2 N–H and O–H groups in total. The predicted molar refractivity (Wildman–Crippen MR) is 150 cm³/mol. The van der Waals surface area contributed by atoms with Crippen molar-refractivity contribution in [1.29, 1.82) is 0 Å². The fraction of sp³-hybridized carbons (Fsp3) is 0.267. The van der Waals surface area contributed by atoms with E-state index in [1.54, 1.807) is 24.1 Å². The van der Waals surface area contributed by atoms with Crippen molar-refractivity contribution >= 4 is 44.8 Å². The minimum atomic E-state index is -0.660. The van der Waals surface area contributed by atoms with Gasteiger partial charge in [-0.3, -0.25) is 9.59 Å². The van der Waals surface area contributed by atoms with Crippen LogP contribution in [0.2, 0.25) is 5.02 Å². The van der Waals surface area contributed by atoms with Gasteiger partial charge >= 0.3 is 0 Å². The van der Waals surface area contributed by atoms with Crippen LogP contribution < -0.4 is 10.5 Å². The number of hydrogen-bond donors (Lipinski definition) is 1. The summed E-state index contributed by atoms with van der Waals surface area (Å²) < 4.78 is 34.8. The molecule has 4 aromatic rings. The van der Waals surface area contributed by atoms with Crippen molar-refractivity contribution in [2.24, 2.45) is 5.73 Å². The van der Waals surface area contributed by atoms with Crippen molar-refractivity contribution in [2.45, 2.75) is 44.7 Å². The quantitative estimate of drug-likeness (QED) is 0.250. The molecule has 0 unspecified atom stereocenters. The number of ether oxygens (including phenoxy) is 1. The standard InChI is InChI=1S/C30H27ClF2N2O3S/c1-38-24-14-11-19(17-7-9-18(10-8-17)29(34)36)15-20(24)16-35(21-5-3-2-4-6-21)30(37)28-26(31)25-22(32)12-13-23(33)27(25)39-28/h7-15,21H,2-6,16H2,1H3,(H2,34,36). The van der Waals surface area contributed by atoms with Gasteiger partial charge in [-0.2, -0.15) is 0 Å². The van der Waals surface area contributed by atoms with Gasteiger partial charge in [0.25, 0.3) is 5.91 Å². The monoisotopic (exact) mass is 568 g/mol. The summed E-state index contributed by atoms with van der Waals surface area (Å²) in [6.45, 7) is 0.232. The smallest absolute Gasteiger partial charge is 0.266 e. The number of primary amides is 1. The van der Waals surface area contributed by atoms with Gasteiger partial charge in [0.1, 0.15) is 22.3 Å². The Hall–Kier alpha value is -3.49. The number of amides is 2. The molecule has 5 rings (SSSR count). The molecule has 5 nitrogen and oxygen atoms in total. The molecule has 3 aromatic carbocycles. The second-order valence-corrected chi connectivity index (χ2v) is 11.1. The lowest BCUT2D eigenvalue weighted by atomic mass is 9.93. The summed E-state index contributed by atoms with van der Waals surface area (Å²) >= 11 is 7.39. The summed E-state index contributed by atoms with van der Waals surface area (Å²) in [7, 11) is 1.57. The van der Waals surface area contributed by atoms with Crippen molar-refractivity contribution in [1.82, 2.24) is 4.90 Å². The zero-order valence-electron chi connectivity index (χ0n) is 21.3. The average Bonchev–Trinajstić information content (AvgIpc) is 3.32. The van der Waals surface area contributed by atoms with Crippen LogP contribution in [0.3, 0.4) is 0 Å². The van der Waals surface area contributed by atoms with Gasteiger partial charge in [-0.05, 0) is 60.4 Å². The van der Waals surface area contributed by atoms with Crippen LogP contribution in [0.25, 0.3) is 21.2 Å². The van der Waals surface area contributed by atoms with E-state index >= 15 is 0 Å². The third kappa shape index (κ3) is 5.36. The molecular weight excluding hydrogens is 542 g/mol. The molecule has 0 bridgehead atoms. The maximum atomic E-state index is 14.6.